The van der Waals surface area contributed by atoms with Gasteiger partial charge in [-0.25, -0.2) is 0 Å². The standard InChI is InChI=1S/C8H8BrNS/c1-10-6-4-2-3-5-7(6)11-8(10)9/h2-5,8H,1H3. The van der Waals surface area contributed by atoms with Crippen molar-refractivity contribution in [1.82, 2.24) is 0 Å². The smallest absolute Gasteiger partial charge is 0.136 e. The van der Waals surface area contributed by atoms with Crippen LogP contribution in [0.1, 0.15) is 0 Å². The molecule has 11 heavy (non-hydrogen) atoms. The number of anilines is 1. The summed E-state index contributed by atoms with van der Waals surface area (Å²) < 4.78 is 0.403. The third kappa shape index (κ3) is 1.16. The van der Waals surface area contributed by atoms with Crippen molar-refractivity contribution in [3.63, 3.8) is 0 Å². The lowest BCUT2D eigenvalue weighted by atomic mass is 10.3. The van der Waals surface area contributed by atoms with Gasteiger partial charge in [-0.05, 0) is 12.1 Å². The van der Waals surface area contributed by atoms with E-state index in [4.69, 9.17) is 0 Å². The molecule has 1 nitrogen and oxygen atoms in total. The highest BCUT2D eigenvalue weighted by atomic mass is 79.9. The van der Waals surface area contributed by atoms with Gasteiger partial charge < -0.3 is 4.90 Å². The van der Waals surface area contributed by atoms with Gasteiger partial charge in [0.05, 0.1) is 5.69 Å². The average Bonchev–Trinajstić information content (AvgIpc) is 2.30. The zero-order valence-electron chi connectivity index (χ0n) is 6.12. The van der Waals surface area contributed by atoms with Crippen molar-refractivity contribution in [2.75, 3.05) is 11.9 Å². The zero-order valence-corrected chi connectivity index (χ0v) is 8.52. The maximum Gasteiger partial charge on any atom is 0.136 e. The molecule has 0 radical (unpaired) electrons. The summed E-state index contributed by atoms with van der Waals surface area (Å²) in [6.07, 6.45) is 0. The van der Waals surface area contributed by atoms with Crippen molar-refractivity contribution in [2.24, 2.45) is 0 Å². The van der Waals surface area contributed by atoms with E-state index in [1.807, 2.05) is 11.8 Å². The number of para-hydroxylation sites is 1. The van der Waals surface area contributed by atoms with Crippen molar-refractivity contribution in [2.45, 2.75) is 9.18 Å². The molecule has 0 saturated heterocycles. The number of nitrogens with zero attached hydrogens (tertiary/aromatic N) is 1. The Bertz CT molecular complexity index is 277. The molecule has 1 heterocycles. The number of alkyl halides is 1. The number of rotatable bonds is 0. The van der Waals surface area contributed by atoms with E-state index in [0.717, 1.165) is 0 Å². The lowest BCUT2D eigenvalue weighted by molar-refractivity contribution is 1.07. The van der Waals surface area contributed by atoms with E-state index >= 15 is 0 Å². The molecule has 0 aromatic heterocycles. The number of hydrogen-bond acceptors (Lipinski definition) is 2. The van der Waals surface area contributed by atoms with E-state index in [1.54, 1.807) is 0 Å². The van der Waals surface area contributed by atoms with E-state index < -0.39 is 0 Å². The van der Waals surface area contributed by atoms with E-state index in [9.17, 15) is 0 Å². The Balaban J connectivity index is 2.47. The second kappa shape index (κ2) is 2.72. The number of thioether (sulfide) groups is 1. The van der Waals surface area contributed by atoms with Crippen molar-refractivity contribution in [3.8, 4) is 0 Å². The molecule has 0 amide bonds. The van der Waals surface area contributed by atoms with Crippen LogP contribution >= 0.6 is 27.7 Å². The molecule has 1 unspecified atom stereocenters. The first-order chi connectivity index (χ1) is 5.29. The summed E-state index contributed by atoms with van der Waals surface area (Å²) >= 11 is 5.42. The van der Waals surface area contributed by atoms with E-state index in [2.05, 4.69) is 52.1 Å². The van der Waals surface area contributed by atoms with Gasteiger partial charge in [0.2, 0.25) is 0 Å². The SMILES string of the molecule is CN1c2ccccc2SC1Br. The van der Waals surface area contributed by atoms with Crippen LogP contribution in [0.3, 0.4) is 0 Å². The Kier molecular flexibility index (Phi) is 1.85. The Morgan fingerprint density at radius 1 is 1.45 bits per heavy atom. The van der Waals surface area contributed by atoms with Crippen LogP contribution < -0.4 is 4.90 Å². The monoisotopic (exact) mass is 229 g/mol. The lowest BCUT2D eigenvalue weighted by Gasteiger charge is -2.14. The van der Waals surface area contributed by atoms with E-state index in [1.165, 1.54) is 10.6 Å². The average molecular weight is 230 g/mol. The first kappa shape index (κ1) is 7.50. The van der Waals surface area contributed by atoms with Crippen LogP contribution in [0.2, 0.25) is 0 Å². The summed E-state index contributed by atoms with van der Waals surface area (Å²) in [6, 6.07) is 8.44. The molecule has 0 spiro atoms. The number of fused-ring (bicyclic) bond motifs is 1. The van der Waals surface area contributed by atoms with Gasteiger partial charge in [-0.1, -0.05) is 39.8 Å². The molecule has 0 aliphatic carbocycles. The highest BCUT2D eigenvalue weighted by Crippen LogP contribution is 2.44. The van der Waals surface area contributed by atoms with Crippen LogP contribution in [0.4, 0.5) is 5.69 Å². The van der Waals surface area contributed by atoms with Crippen LogP contribution in [-0.4, -0.2) is 11.3 Å². The van der Waals surface area contributed by atoms with Gasteiger partial charge in [-0.2, -0.15) is 0 Å². The normalized spacial score (nSPS) is 22.0. The van der Waals surface area contributed by atoms with Crippen LogP contribution in [0.25, 0.3) is 0 Å². The highest BCUT2D eigenvalue weighted by Gasteiger charge is 2.23. The molecule has 0 bridgehead atoms. The summed E-state index contributed by atoms with van der Waals surface area (Å²) in [5, 5.41) is 0. The fraction of sp³-hybridized carbons (Fsp3) is 0.250. The van der Waals surface area contributed by atoms with Crippen LogP contribution in [0.15, 0.2) is 29.2 Å². The third-order valence-corrected chi connectivity index (χ3v) is 4.06. The van der Waals surface area contributed by atoms with Gasteiger partial charge in [0.25, 0.3) is 0 Å². The molecule has 0 fully saturated rings. The zero-order chi connectivity index (χ0) is 7.84. The second-order valence-corrected chi connectivity index (χ2v) is 5.08. The van der Waals surface area contributed by atoms with Crippen molar-refractivity contribution >= 4 is 33.4 Å². The predicted molar refractivity (Wildman–Crippen MR) is 53.4 cm³/mol. The van der Waals surface area contributed by atoms with Crippen LogP contribution in [-0.2, 0) is 0 Å². The lowest BCUT2D eigenvalue weighted by Crippen LogP contribution is -2.17. The summed E-state index contributed by atoms with van der Waals surface area (Å²) in [5.41, 5.74) is 1.32. The molecule has 1 aromatic carbocycles. The largest absolute Gasteiger partial charge is 0.352 e. The summed E-state index contributed by atoms with van der Waals surface area (Å²) in [6.45, 7) is 0. The fourth-order valence-corrected chi connectivity index (χ4v) is 2.94. The number of benzene rings is 1. The molecule has 0 N–H and O–H groups in total. The van der Waals surface area contributed by atoms with Crippen LogP contribution in [0, 0.1) is 0 Å². The van der Waals surface area contributed by atoms with Crippen molar-refractivity contribution in [1.29, 1.82) is 0 Å². The molecule has 0 saturated carbocycles. The Morgan fingerprint density at radius 2 is 2.18 bits per heavy atom. The number of hydrogen-bond donors (Lipinski definition) is 0. The molecule has 58 valence electrons. The predicted octanol–water partition coefficient (Wildman–Crippen LogP) is 2.91. The minimum atomic E-state index is 0.403. The first-order valence-electron chi connectivity index (χ1n) is 3.41. The molecule has 1 aliphatic rings. The topological polar surface area (TPSA) is 3.24 Å². The number of halogens is 1. The second-order valence-electron chi connectivity index (χ2n) is 2.49. The molecule has 3 heteroatoms. The van der Waals surface area contributed by atoms with Crippen LogP contribution in [0.5, 0.6) is 0 Å². The molecule has 1 atom stereocenters. The Morgan fingerprint density at radius 3 is 2.91 bits per heavy atom. The molecular formula is C8H8BrNS. The molecule has 1 aromatic rings. The van der Waals surface area contributed by atoms with Gasteiger partial charge in [0.15, 0.2) is 0 Å². The van der Waals surface area contributed by atoms with Crippen molar-refractivity contribution in [3.05, 3.63) is 24.3 Å². The first-order valence-corrected chi connectivity index (χ1v) is 5.21. The minimum absolute atomic E-state index is 0.403. The third-order valence-electron chi connectivity index (χ3n) is 1.77. The maximum absolute atomic E-state index is 3.57. The fourth-order valence-electron chi connectivity index (χ4n) is 1.14. The van der Waals surface area contributed by atoms with Gasteiger partial charge in [-0.3, -0.25) is 0 Å². The molecular weight excluding hydrogens is 222 g/mol. The van der Waals surface area contributed by atoms with Gasteiger partial charge in [0, 0.05) is 11.9 Å². The van der Waals surface area contributed by atoms with E-state index in [0.29, 0.717) is 4.28 Å². The van der Waals surface area contributed by atoms with Gasteiger partial charge >= 0.3 is 0 Å². The Hall–Kier alpha value is -0.150. The van der Waals surface area contributed by atoms with Crippen molar-refractivity contribution < 1.29 is 0 Å². The summed E-state index contributed by atoms with van der Waals surface area (Å²) in [5.74, 6) is 0. The maximum atomic E-state index is 3.57. The molecule has 2 rings (SSSR count). The summed E-state index contributed by atoms with van der Waals surface area (Å²) in [7, 11) is 2.10. The van der Waals surface area contributed by atoms with Gasteiger partial charge in [0.1, 0.15) is 4.28 Å². The Labute approximate surface area is 78.9 Å². The quantitative estimate of drug-likeness (QED) is 0.498. The summed E-state index contributed by atoms with van der Waals surface area (Å²) in [4.78, 5) is 3.58. The van der Waals surface area contributed by atoms with E-state index in [-0.39, 0.29) is 0 Å². The van der Waals surface area contributed by atoms with Gasteiger partial charge in [-0.15, -0.1) is 0 Å². The highest BCUT2D eigenvalue weighted by molar-refractivity contribution is 9.11. The molecule has 1 aliphatic heterocycles. The minimum Gasteiger partial charge on any atom is -0.352 e.